The molecule has 21 heavy (non-hydrogen) atoms. The standard InChI is InChI=1S/C16H14N2O3/c1-11-3-5-12(6-4-11)15-16(19)21-17-18(15)13-7-9-14(20-2)10-8-13/h3-10H,1-2H3/p+1. The zero-order chi connectivity index (χ0) is 14.8. The number of rotatable bonds is 3. The van der Waals surface area contributed by atoms with Crippen LogP contribution in [0, 0.1) is 6.92 Å². The molecule has 1 N–H and O–H groups in total. The second-order valence-electron chi connectivity index (χ2n) is 4.73. The van der Waals surface area contributed by atoms with Gasteiger partial charge >= 0.3 is 11.3 Å². The second-order valence-corrected chi connectivity index (χ2v) is 4.73. The van der Waals surface area contributed by atoms with Crippen molar-refractivity contribution in [2.75, 3.05) is 7.11 Å². The third-order valence-corrected chi connectivity index (χ3v) is 3.30. The van der Waals surface area contributed by atoms with Crippen molar-refractivity contribution in [1.29, 1.82) is 0 Å². The molecule has 0 aliphatic carbocycles. The molecule has 0 aliphatic rings. The molecule has 3 rings (SSSR count). The Labute approximate surface area is 121 Å². The minimum absolute atomic E-state index is 0.408. The first-order valence-electron chi connectivity index (χ1n) is 6.54. The number of ether oxygens (including phenoxy) is 1. The average Bonchev–Trinajstić information content (AvgIpc) is 2.90. The Bertz CT molecular complexity index is 799. The fraction of sp³-hybridized carbons (Fsp3) is 0.125. The van der Waals surface area contributed by atoms with Crippen LogP contribution in [0.1, 0.15) is 5.56 Å². The Hall–Kier alpha value is -2.82. The highest BCUT2D eigenvalue weighted by Gasteiger charge is 2.24. The minimum Gasteiger partial charge on any atom is -0.497 e. The minimum atomic E-state index is -0.408. The van der Waals surface area contributed by atoms with Crippen LogP contribution < -0.4 is 15.0 Å². The monoisotopic (exact) mass is 283 g/mol. The van der Waals surface area contributed by atoms with E-state index in [9.17, 15) is 4.79 Å². The van der Waals surface area contributed by atoms with Crippen LogP contribution >= 0.6 is 0 Å². The molecule has 1 aromatic heterocycles. The highest BCUT2D eigenvalue weighted by Crippen LogP contribution is 2.16. The topological polar surface area (TPSA) is 59.1 Å². The van der Waals surface area contributed by atoms with Gasteiger partial charge < -0.3 is 4.74 Å². The summed E-state index contributed by atoms with van der Waals surface area (Å²) in [5, 5.41) is 2.63. The summed E-state index contributed by atoms with van der Waals surface area (Å²) in [6.07, 6.45) is 0. The van der Waals surface area contributed by atoms with Crippen molar-refractivity contribution >= 4 is 0 Å². The number of nitrogens with one attached hydrogen (secondary N) is 1. The van der Waals surface area contributed by atoms with Gasteiger partial charge in [0.15, 0.2) is 0 Å². The van der Waals surface area contributed by atoms with Gasteiger partial charge in [0.1, 0.15) is 5.75 Å². The number of hydrogen-bond donors (Lipinski definition) is 1. The normalized spacial score (nSPS) is 10.6. The Morgan fingerprint density at radius 1 is 1.05 bits per heavy atom. The van der Waals surface area contributed by atoms with E-state index in [1.165, 1.54) is 0 Å². The molecule has 0 bridgehead atoms. The van der Waals surface area contributed by atoms with Gasteiger partial charge in [-0.1, -0.05) is 17.7 Å². The largest absolute Gasteiger partial charge is 0.497 e. The van der Waals surface area contributed by atoms with E-state index in [1.807, 2.05) is 55.5 Å². The van der Waals surface area contributed by atoms with Gasteiger partial charge in [0.25, 0.3) is 0 Å². The first-order valence-corrected chi connectivity index (χ1v) is 6.54. The van der Waals surface area contributed by atoms with E-state index in [4.69, 9.17) is 9.26 Å². The number of aryl methyl sites for hydroxylation is 1. The maximum absolute atomic E-state index is 12.0. The Kier molecular flexibility index (Phi) is 3.31. The van der Waals surface area contributed by atoms with Gasteiger partial charge in [-0.15, -0.1) is 0 Å². The zero-order valence-corrected chi connectivity index (χ0v) is 11.8. The molecule has 0 spiro atoms. The van der Waals surface area contributed by atoms with Crippen molar-refractivity contribution in [1.82, 2.24) is 5.27 Å². The van der Waals surface area contributed by atoms with Crippen LogP contribution in [0.4, 0.5) is 0 Å². The van der Waals surface area contributed by atoms with Crippen LogP contribution in [-0.2, 0) is 0 Å². The van der Waals surface area contributed by atoms with Crippen molar-refractivity contribution in [2.45, 2.75) is 6.92 Å². The SMILES string of the molecule is COc1ccc(-[n+]2[nH]oc(=O)c2-c2ccc(C)cc2)cc1. The fourth-order valence-electron chi connectivity index (χ4n) is 2.14. The number of methoxy groups -OCH3 is 1. The van der Waals surface area contributed by atoms with E-state index in [-0.39, 0.29) is 0 Å². The van der Waals surface area contributed by atoms with Gasteiger partial charge in [-0.25, -0.2) is 4.79 Å². The molecule has 0 unspecified atom stereocenters. The van der Waals surface area contributed by atoms with Gasteiger partial charge in [-0.2, -0.15) is 0 Å². The van der Waals surface area contributed by atoms with E-state index in [0.717, 1.165) is 22.6 Å². The first kappa shape index (κ1) is 13.2. The summed E-state index contributed by atoms with van der Waals surface area (Å²) in [6.45, 7) is 2.00. The predicted octanol–water partition coefficient (Wildman–Crippen LogP) is 2.23. The Morgan fingerprint density at radius 2 is 1.71 bits per heavy atom. The molecule has 1 heterocycles. The molecule has 0 fully saturated rings. The third-order valence-electron chi connectivity index (χ3n) is 3.30. The lowest BCUT2D eigenvalue weighted by molar-refractivity contribution is -0.660. The lowest BCUT2D eigenvalue weighted by Crippen LogP contribution is -2.36. The average molecular weight is 283 g/mol. The molecule has 0 saturated heterocycles. The number of nitrogens with zero attached hydrogens (tertiary/aromatic N) is 1. The molecular weight excluding hydrogens is 268 g/mol. The van der Waals surface area contributed by atoms with Crippen molar-refractivity contribution in [3.05, 3.63) is 64.5 Å². The van der Waals surface area contributed by atoms with Crippen LogP contribution in [-0.4, -0.2) is 12.4 Å². The maximum Gasteiger partial charge on any atom is 0.435 e. The van der Waals surface area contributed by atoms with Crippen molar-refractivity contribution in [3.8, 4) is 22.7 Å². The maximum atomic E-state index is 12.0. The second kappa shape index (κ2) is 5.28. The summed E-state index contributed by atoms with van der Waals surface area (Å²) in [7, 11) is 1.61. The van der Waals surface area contributed by atoms with Crippen LogP contribution in [0.3, 0.4) is 0 Å². The smallest absolute Gasteiger partial charge is 0.435 e. The predicted molar refractivity (Wildman–Crippen MR) is 77.6 cm³/mol. The Morgan fingerprint density at radius 3 is 2.33 bits per heavy atom. The van der Waals surface area contributed by atoms with Gasteiger partial charge in [0.2, 0.25) is 5.69 Å². The number of H-pyrrole nitrogens is 1. The first-order chi connectivity index (χ1) is 10.2. The molecule has 0 aliphatic heterocycles. The third kappa shape index (κ3) is 2.45. The molecule has 5 nitrogen and oxygen atoms in total. The summed E-state index contributed by atoms with van der Waals surface area (Å²) < 4.78 is 11.7. The molecule has 0 atom stereocenters. The fourth-order valence-corrected chi connectivity index (χ4v) is 2.14. The molecule has 2 aromatic carbocycles. The van der Waals surface area contributed by atoms with Crippen LogP contribution in [0.5, 0.6) is 5.75 Å². The zero-order valence-electron chi connectivity index (χ0n) is 11.8. The highest BCUT2D eigenvalue weighted by atomic mass is 16.5. The van der Waals surface area contributed by atoms with Crippen LogP contribution in [0.25, 0.3) is 16.9 Å². The summed E-state index contributed by atoms with van der Waals surface area (Å²) in [5.74, 6) is 0.752. The summed E-state index contributed by atoms with van der Waals surface area (Å²) >= 11 is 0. The van der Waals surface area contributed by atoms with E-state index in [2.05, 4.69) is 5.27 Å². The highest BCUT2D eigenvalue weighted by molar-refractivity contribution is 5.55. The number of hydrogen-bond acceptors (Lipinski definition) is 3. The summed E-state index contributed by atoms with van der Waals surface area (Å²) in [6, 6.07) is 15.1. The lowest BCUT2D eigenvalue weighted by Gasteiger charge is -1.99. The molecule has 0 radical (unpaired) electrons. The van der Waals surface area contributed by atoms with E-state index >= 15 is 0 Å². The van der Waals surface area contributed by atoms with Gasteiger partial charge in [-0.05, 0) is 41.1 Å². The lowest BCUT2D eigenvalue weighted by atomic mass is 10.1. The number of aromatic amines is 1. The van der Waals surface area contributed by atoms with Crippen molar-refractivity contribution in [2.24, 2.45) is 0 Å². The van der Waals surface area contributed by atoms with Crippen molar-refractivity contribution < 1.29 is 13.9 Å². The van der Waals surface area contributed by atoms with E-state index < -0.39 is 5.63 Å². The molecule has 0 saturated carbocycles. The van der Waals surface area contributed by atoms with Gasteiger partial charge in [-0.3, -0.25) is 4.52 Å². The van der Waals surface area contributed by atoms with E-state index in [0.29, 0.717) is 5.69 Å². The molecule has 3 aromatic rings. The van der Waals surface area contributed by atoms with Gasteiger partial charge in [0, 0.05) is 12.1 Å². The number of aromatic nitrogens is 2. The Balaban J connectivity index is 2.11. The number of benzene rings is 2. The molecule has 106 valence electrons. The van der Waals surface area contributed by atoms with E-state index in [1.54, 1.807) is 11.8 Å². The molecule has 5 heteroatoms. The summed E-state index contributed by atoms with van der Waals surface area (Å²) in [5.41, 5.74) is 2.77. The van der Waals surface area contributed by atoms with Crippen molar-refractivity contribution in [3.63, 3.8) is 0 Å². The van der Waals surface area contributed by atoms with Crippen LogP contribution in [0.2, 0.25) is 0 Å². The molecular formula is C16H15N2O3+. The molecule has 0 amide bonds. The summed E-state index contributed by atoms with van der Waals surface area (Å²) in [4.78, 5) is 12.0. The van der Waals surface area contributed by atoms with Gasteiger partial charge in [0.05, 0.1) is 12.7 Å². The van der Waals surface area contributed by atoms with Crippen LogP contribution in [0.15, 0.2) is 57.8 Å². The quantitative estimate of drug-likeness (QED) is 0.750.